The normalized spacial score (nSPS) is 20.2. The summed E-state index contributed by atoms with van der Waals surface area (Å²) in [7, 11) is 0. The molecule has 1 aromatic carbocycles. The quantitative estimate of drug-likeness (QED) is 0.577. The maximum Gasteiger partial charge on any atom is 0.422 e. The van der Waals surface area contributed by atoms with Crippen LogP contribution in [0.4, 0.5) is 4.79 Å². The number of carbonyl (C=O) groups is 1. The van der Waals surface area contributed by atoms with Crippen molar-refractivity contribution in [2.24, 2.45) is 0 Å². The molecule has 1 aromatic rings. The molecule has 0 bridgehead atoms. The van der Waals surface area contributed by atoms with E-state index in [9.17, 15) is 4.79 Å². The number of nitrogens with zero attached hydrogens (tertiary/aromatic N) is 1. The predicted octanol–water partition coefficient (Wildman–Crippen LogP) is 3.95. The van der Waals surface area contributed by atoms with E-state index in [0.717, 1.165) is 24.2 Å². The van der Waals surface area contributed by atoms with Crippen LogP contribution >= 0.6 is 12.2 Å². The van der Waals surface area contributed by atoms with Crippen LogP contribution in [0.2, 0.25) is 0 Å². The highest BCUT2D eigenvalue weighted by Gasteiger charge is 2.33. The fourth-order valence-corrected chi connectivity index (χ4v) is 2.58. The van der Waals surface area contributed by atoms with E-state index in [-0.39, 0.29) is 12.1 Å². The second-order valence-electron chi connectivity index (χ2n) is 5.42. The van der Waals surface area contributed by atoms with Crippen molar-refractivity contribution in [3.05, 3.63) is 35.9 Å². The molecule has 1 aliphatic rings. The third kappa shape index (κ3) is 3.88. The summed E-state index contributed by atoms with van der Waals surface area (Å²) in [4.78, 5) is 12.2. The first kappa shape index (κ1) is 14.2. The summed E-state index contributed by atoms with van der Waals surface area (Å²) in [5.41, 5.74) is 0.597. The summed E-state index contributed by atoms with van der Waals surface area (Å²) >= 11 is 1.07. The largest absolute Gasteiger partial charge is 0.443 e. The number of amides is 1. The van der Waals surface area contributed by atoms with Crippen molar-refractivity contribution in [1.29, 1.82) is 0 Å². The topological polar surface area (TPSA) is 38.8 Å². The van der Waals surface area contributed by atoms with E-state index in [1.807, 2.05) is 51.1 Å². The van der Waals surface area contributed by atoms with Crippen molar-refractivity contribution in [1.82, 2.24) is 4.31 Å². The van der Waals surface area contributed by atoms with Gasteiger partial charge in [-0.25, -0.2) is 9.10 Å². The standard InChI is InChI=1S/C14H19NO3S/c1-14(2,3)18-13(16)15-12(9-10-17-19-15)11-7-5-4-6-8-11/h4-8,12H,9-10H2,1-3H3/t12-/m0/s1. The fraction of sp³-hybridized carbons (Fsp3) is 0.500. The van der Waals surface area contributed by atoms with Crippen LogP contribution in [-0.4, -0.2) is 22.6 Å². The van der Waals surface area contributed by atoms with Gasteiger partial charge < -0.3 is 4.74 Å². The average molecular weight is 281 g/mol. The fourth-order valence-electron chi connectivity index (χ4n) is 1.86. The van der Waals surface area contributed by atoms with Crippen LogP contribution in [0.3, 0.4) is 0 Å². The summed E-state index contributed by atoms with van der Waals surface area (Å²) in [6, 6.07) is 9.95. The molecule has 2 rings (SSSR count). The molecule has 1 saturated heterocycles. The SMILES string of the molecule is CC(C)(C)OC(=O)N1SOCC[C@H]1c1ccccc1. The number of rotatable bonds is 1. The van der Waals surface area contributed by atoms with Crippen LogP contribution in [-0.2, 0) is 8.92 Å². The summed E-state index contributed by atoms with van der Waals surface area (Å²) < 4.78 is 12.3. The molecule has 0 spiro atoms. The van der Waals surface area contributed by atoms with Gasteiger partial charge in [0.25, 0.3) is 0 Å². The number of carbonyl (C=O) groups excluding carboxylic acids is 1. The molecule has 4 nitrogen and oxygen atoms in total. The summed E-state index contributed by atoms with van der Waals surface area (Å²) in [5, 5.41) is 0. The Balaban J connectivity index is 2.15. The molecule has 19 heavy (non-hydrogen) atoms. The van der Waals surface area contributed by atoms with Crippen molar-refractivity contribution < 1.29 is 13.7 Å². The van der Waals surface area contributed by atoms with Crippen LogP contribution in [0.5, 0.6) is 0 Å². The van der Waals surface area contributed by atoms with Gasteiger partial charge in [0.15, 0.2) is 0 Å². The van der Waals surface area contributed by atoms with Gasteiger partial charge in [0.05, 0.1) is 12.6 Å². The highest BCUT2D eigenvalue weighted by molar-refractivity contribution is 7.92. The molecule has 1 fully saturated rings. The van der Waals surface area contributed by atoms with E-state index in [4.69, 9.17) is 8.92 Å². The molecule has 1 atom stereocenters. The molecule has 104 valence electrons. The first-order valence-electron chi connectivity index (χ1n) is 6.34. The molecule has 0 radical (unpaired) electrons. The number of hydrogen-bond donors (Lipinski definition) is 0. The van der Waals surface area contributed by atoms with Crippen molar-refractivity contribution in [3.63, 3.8) is 0 Å². The Kier molecular flexibility index (Phi) is 4.37. The molecule has 0 unspecified atom stereocenters. The molecule has 1 aliphatic heterocycles. The van der Waals surface area contributed by atoms with Gasteiger partial charge in [-0.05, 0) is 32.8 Å². The Bertz CT molecular complexity index is 430. The molecule has 0 aliphatic carbocycles. The Hall–Kier alpha value is -1.20. The van der Waals surface area contributed by atoms with Gasteiger partial charge in [-0.2, -0.15) is 0 Å². The van der Waals surface area contributed by atoms with Crippen molar-refractivity contribution >= 4 is 18.3 Å². The molecule has 0 saturated carbocycles. The maximum absolute atomic E-state index is 12.2. The van der Waals surface area contributed by atoms with Gasteiger partial charge in [-0.15, -0.1) is 0 Å². The summed E-state index contributed by atoms with van der Waals surface area (Å²) in [5.74, 6) is 0. The monoisotopic (exact) mass is 281 g/mol. The Morgan fingerprint density at radius 1 is 1.37 bits per heavy atom. The van der Waals surface area contributed by atoms with Crippen molar-refractivity contribution in [2.75, 3.05) is 6.61 Å². The summed E-state index contributed by atoms with van der Waals surface area (Å²) in [6.07, 6.45) is 0.419. The van der Waals surface area contributed by atoms with Crippen molar-refractivity contribution in [2.45, 2.75) is 38.8 Å². The number of benzene rings is 1. The zero-order chi connectivity index (χ0) is 13.9. The zero-order valence-electron chi connectivity index (χ0n) is 11.5. The third-order valence-corrected chi connectivity index (χ3v) is 3.48. The second kappa shape index (κ2) is 5.84. The van der Waals surface area contributed by atoms with E-state index in [1.165, 1.54) is 0 Å². The highest BCUT2D eigenvalue weighted by atomic mass is 32.2. The van der Waals surface area contributed by atoms with Gasteiger partial charge in [-0.3, -0.25) is 4.18 Å². The van der Waals surface area contributed by atoms with Gasteiger partial charge in [-0.1, -0.05) is 30.3 Å². The maximum atomic E-state index is 12.2. The van der Waals surface area contributed by atoms with E-state index >= 15 is 0 Å². The predicted molar refractivity (Wildman–Crippen MR) is 75.4 cm³/mol. The number of ether oxygens (including phenoxy) is 1. The van der Waals surface area contributed by atoms with Crippen LogP contribution < -0.4 is 0 Å². The first-order chi connectivity index (χ1) is 8.97. The van der Waals surface area contributed by atoms with Crippen LogP contribution in [0.1, 0.15) is 38.8 Å². The van der Waals surface area contributed by atoms with Crippen LogP contribution in [0, 0.1) is 0 Å². The lowest BCUT2D eigenvalue weighted by Gasteiger charge is -2.34. The Morgan fingerprint density at radius 2 is 2.05 bits per heavy atom. The third-order valence-electron chi connectivity index (χ3n) is 2.65. The van der Waals surface area contributed by atoms with E-state index < -0.39 is 5.60 Å². The minimum atomic E-state index is -0.504. The van der Waals surface area contributed by atoms with Crippen molar-refractivity contribution in [3.8, 4) is 0 Å². The zero-order valence-corrected chi connectivity index (χ0v) is 12.3. The lowest BCUT2D eigenvalue weighted by Crippen LogP contribution is -2.37. The minimum absolute atomic E-state index is 0.00481. The second-order valence-corrected chi connectivity index (χ2v) is 6.20. The number of hydrogen-bond acceptors (Lipinski definition) is 4. The molecule has 0 aromatic heterocycles. The van der Waals surface area contributed by atoms with Gasteiger partial charge >= 0.3 is 6.09 Å². The van der Waals surface area contributed by atoms with Gasteiger partial charge in [0.2, 0.25) is 0 Å². The Labute approximate surface area is 118 Å². The summed E-state index contributed by atoms with van der Waals surface area (Å²) in [6.45, 7) is 6.21. The average Bonchev–Trinajstić information content (AvgIpc) is 2.38. The molecular weight excluding hydrogens is 262 g/mol. The van der Waals surface area contributed by atoms with Crippen LogP contribution in [0.25, 0.3) is 0 Å². The minimum Gasteiger partial charge on any atom is -0.443 e. The molecule has 5 heteroatoms. The van der Waals surface area contributed by atoms with Gasteiger partial charge in [0, 0.05) is 0 Å². The molecule has 1 amide bonds. The molecular formula is C14H19NO3S. The lowest BCUT2D eigenvalue weighted by atomic mass is 10.0. The first-order valence-corrected chi connectivity index (χ1v) is 7.04. The van der Waals surface area contributed by atoms with Crippen LogP contribution in [0.15, 0.2) is 30.3 Å². The molecule has 0 N–H and O–H groups in total. The van der Waals surface area contributed by atoms with E-state index in [2.05, 4.69) is 0 Å². The smallest absolute Gasteiger partial charge is 0.422 e. The van der Waals surface area contributed by atoms with E-state index in [1.54, 1.807) is 4.31 Å². The highest BCUT2D eigenvalue weighted by Crippen LogP contribution is 2.36. The lowest BCUT2D eigenvalue weighted by molar-refractivity contribution is 0.0300. The Morgan fingerprint density at radius 3 is 2.68 bits per heavy atom. The van der Waals surface area contributed by atoms with Gasteiger partial charge in [0.1, 0.15) is 17.8 Å². The van der Waals surface area contributed by atoms with E-state index in [0.29, 0.717) is 6.61 Å². The molecule has 1 heterocycles.